The van der Waals surface area contributed by atoms with Crippen LogP contribution < -0.4 is 11.3 Å². The van der Waals surface area contributed by atoms with Gasteiger partial charge in [-0.2, -0.15) is 4.98 Å². The second-order valence-electron chi connectivity index (χ2n) is 5.88. The van der Waals surface area contributed by atoms with Crippen LogP contribution in [0.15, 0.2) is 70.1 Å². The van der Waals surface area contributed by atoms with E-state index in [0.717, 1.165) is 11.3 Å². The van der Waals surface area contributed by atoms with Gasteiger partial charge in [0.25, 0.3) is 5.56 Å². The molecule has 3 aromatic rings. The average molecular weight is 377 g/mol. The number of methoxy groups -OCH3 is 1. The number of thiazole rings is 1. The number of nitrogens with zero attached hydrogens (tertiary/aromatic N) is 2. The Balaban J connectivity index is 1.91. The molecule has 0 aliphatic heterocycles. The number of ether oxygens (including phenoxy) is 1. The van der Waals surface area contributed by atoms with Gasteiger partial charge in [0.1, 0.15) is 5.82 Å². The van der Waals surface area contributed by atoms with Crippen LogP contribution >= 0.6 is 11.3 Å². The van der Waals surface area contributed by atoms with Crippen molar-refractivity contribution in [1.82, 2.24) is 9.38 Å². The molecule has 0 atom stereocenters. The first-order valence-corrected chi connectivity index (χ1v) is 9.01. The van der Waals surface area contributed by atoms with Crippen LogP contribution in [0.1, 0.15) is 5.56 Å². The van der Waals surface area contributed by atoms with Crippen molar-refractivity contribution in [1.29, 1.82) is 0 Å². The number of fused-ring (bicyclic) bond motifs is 1. The fourth-order valence-electron chi connectivity index (χ4n) is 2.89. The summed E-state index contributed by atoms with van der Waals surface area (Å²) in [5, 5.41) is 1.92. The summed E-state index contributed by atoms with van der Waals surface area (Å²) < 4.78 is 6.83. The highest BCUT2D eigenvalue weighted by Gasteiger charge is 2.16. The number of nitrogens with two attached hydrogens (primary N) is 1. The van der Waals surface area contributed by atoms with Crippen LogP contribution in [0, 0.1) is 0 Å². The van der Waals surface area contributed by atoms with Crippen molar-refractivity contribution in [2.24, 2.45) is 0 Å². The summed E-state index contributed by atoms with van der Waals surface area (Å²) in [7, 11) is 1.43. The maximum absolute atomic E-state index is 12.5. The van der Waals surface area contributed by atoms with Gasteiger partial charge in [0.2, 0.25) is 5.78 Å². The van der Waals surface area contributed by atoms with E-state index in [1.807, 2.05) is 35.7 Å². The van der Waals surface area contributed by atoms with Gasteiger partial charge in [0.15, 0.2) is 10.7 Å². The van der Waals surface area contributed by atoms with E-state index in [0.29, 0.717) is 16.4 Å². The normalized spacial score (nSPS) is 15.4. The highest BCUT2D eigenvalue weighted by Crippen LogP contribution is 2.28. The van der Waals surface area contributed by atoms with Gasteiger partial charge in [-0.25, -0.2) is 0 Å². The number of nitrogen functional groups attached to an aromatic ring is 1. The van der Waals surface area contributed by atoms with E-state index in [1.165, 1.54) is 24.5 Å². The van der Waals surface area contributed by atoms with Gasteiger partial charge in [-0.3, -0.25) is 14.0 Å². The Labute approximate surface area is 158 Å². The number of allylic oxidation sites excluding steroid dienone is 4. The van der Waals surface area contributed by atoms with Gasteiger partial charge < -0.3 is 10.5 Å². The summed E-state index contributed by atoms with van der Waals surface area (Å²) in [6.45, 7) is 0. The van der Waals surface area contributed by atoms with Crippen LogP contribution in [0.25, 0.3) is 22.3 Å². The SMILES string of the molecule is COC1=CC(=Cc2c(N)n3c(-c4ccccc4)csc3nc2=O)C=CC1=O. The zero-order valence-corrected chi connectivity index (χ0v) is 15.2. The maximum Gasteiger partial charge on any atom is 0.283 e. The molecule has 0 radical (unpaired) electrons. The molecular weight excluding hydrogens is 362 g/mol. The lowest BCUT2D eigenvalue weighted by Gasteiger charge is -2.10. The maximum atomic E-state index is 12.5. The van der Waals surface area contributed by atoms with Gasteiger partial charge in [-0.05, 0) is 29.4 Å². The third kappa shape index (κ3) is 2.98. The molecule has 2 N–H and O–H groups in total. The molecule has 0 amide bonds. The van der Waals surface area contributed by atoms with E-state index in [1.54, 1.807) is 22.6 Å². The Morgan fingerprint density at radius 2 is 1.96 bits per heavy atom. The lowest BCUT2D eigenvalue weighted by molar-refractivity contribution is -0.114. The molecule has 0 saturated carbocycles. The first-order chi connectivity index (χ1) is 13.1. The molecule has 2 aromatic heterocycles. The Kier molecular flexibility index (Phi) is 4.21. The molecule has 0 spiro atoms. The molecular formula is C20H15N3O3S. The van der Waals surface area contributed by atoms with E-state index in [-0.39, 0.29) is 17.1 Å². The van der Waals surface area contributed by atoms with Gasteiger partial charge in [-0.1, -0.05) is 36.4 Å². The first-order valence-electron chi connectivity index (χ1n) is 8.13. The van der Waals surface area contributed by atoms with E-state index in [9.17, 15) is 9.59 Å². The summed E-state index contributed by atoms with van der Waals surface area (Å²) in [5.74, 6) is 0.282. The van der Waals surface area contributed by atoms with Crippen LogP contribution in [-0.2, 0) is 9.53 Å². The number of anilines is 1. The van der Waals surface area contributed by atoms with E-state index < -0.39 is 5.56 Å². The third-order valence-corrected chi connectivity index (χ3v) is 5.05. The highest BCUT2D eigenvalue weighted by molar-refractivity contribution is 7.15. The second kappa shape index (κ2) is 6.69. The van der Waals surface area contributed by atoms with Crippen molar-refractivity contribution >= 4 is 34.0 Å². The fourth-order valence-corrected chi connectivity index (χ4v) is 3.78. The number of hydrogen-bond donors (Lipinski definition) is 1. The minimum absolute atomic E-state index is 0.206. The quantitative estimate of drug-likeness (QED) is 0.758. The number of rotatable bonds is 3. The van der Waals surface area contributed by atoms with E-state index in [2.05, 4.69) is 4.98 Å². The van der Waals surface area contributed by atoms with Gasteiger partial charge in [0, 0.05) is 5.38 Å². The Hall–Kier alpha value is -3.45. The Morgan fingerprint density at radius 1 is 1.19 bits per heavy atom. The minimum atomic E-state index is -0.417. The summed E-state index contributed by atoms with van der Waals surface area (Å²) in [4.78, 5) is 28.9. The predicted molar refractivity (Wildman–Crippen MR) is 106 cm³/mol. The molecule has 4 rings (SSSR count). The van der Waals surface area contributed by atoms with E-state index in [4.69, 9.17) is 10.5 Å². The van der Waals surface area contributed by atoms with E-state index >= 15 is 0 Å². The predicted octanol–water partition coefficient (Wildman–Crippen LogP) is 3.06. The summed E-state index contributed by atoms with van der Waals surface area (Å²) in [6.07, 6.45) is 6.20. The number of carbonyl (C=O) groups is 1. The number of ketones is 1. The van der Waals surface area contributed by atoms with Crippen LogP contribution in [-0.4, -0.2) is 22.3 Å². The molecule has 6 nitrogen and oxygen atoms in total. The Bertz CT molecular complexity index is 1200. The smallest absolute Gasteiger partial charge is 0.283 e. The van der Waals surface area contributed by atoms with Crippen molar-refractivity contribution in [3.63, 3.8) is 0 Å². The van der Waals surface area contributed by atoms with Crippen LogP contribution in [0.2, 0.25) is 0 Å². The lowest BCUT2D eigenvalue weighted by Crippen LogP contribution is -2.16. The summed E-state index contributed by atoms with van der Waals surface area (Å²) in [5.41, 5.74) is 8.68. The van der Waals surface area contributed by atoms with Crippen molar-refractivity contribution in [2.75, 3.05) is 12.8 Å². The molecule has 1 aromatic carbocycles. The monoisotopic (exact) mass is 377 g/mol. The summed E-state index contributed by atoms with van der Waals surface area (Å²) in [6, 6.07) is 9.76. The third-order valence-electron chi connectivity index (χ3n) is 4.22. The zero-order valence-electron chi connectivity index (χ0n) is 14.4. The molecule has 134 valence electrons. The Morgan fingerprint density at radius 3 is 2.70 bits per heavy atom. The fraction of sp³-hybridized carbons (Fsp3) is 0.0500. The molecule has 0 unspecified atom stereocenters. The van der Waals surface area contributed by atoms with Gasteiger partial charge in [0.05, 0.1) is 18.4 Å². The molecule has 0 saturated heterocycles. The van der Waals surface area contributed by atoms with Crippen molar-refractivity contribution in [2.45, 2.75) is 0 Å². The topological polar surface area (TPSA) is 86.7 Å². The molecule has 0 fully saturated rings. The molecule has 0 bridgehead atoms. The zero-order chi connectivity index (χ0) is 19.0. The van der Waals surface area contributed by atoms with Crippen LogP contribution in [0.5, 0.6) is 0 Å². The molecule has 1 aliphatic rings. The van der Waals surface area contributed by atoms with Crippen LogP contribution in [0.4, 0.5) is 5.82 Å². The summed E-state index contributed by atoms with van der Waals surface area (Å²) >= 11 is 1.36. The molecule has 1 aliphatic carbocycles. The molecule has 2 heterocycles. The standard InChI is InChI=1S/C20H15N3O3S/c1-26-17-10-12(7-8-16(17)24)9-14-18(21)23-15(13-5-3-2-4-6-13)11-27-20(23)22-19(14)25/h2-11H,21H2,1H3. The largest absolute Gasteiger partial charge is 0.493 e. The second-order valence-corrected chi connectivity index (χ2v) is 6.71. The molecule has 27 heavy (non-hydrogen) atoms. The van der Waals surface area contributed by atoms with Crippen LogP contribution in [0.3, 0.4) is 0 Å². The lowest BCUT2D eigenvalue weighted by atomic mass is 10.0. The molecule has 7 heteroatoms. The number of hydrogen-bond acceptors (Lipinski definition) is 6. The first kappa shape index (κ1) is 17.0. The number of carbonyl (C=O) groups excluding carboxylic acids is 1. The van der Waals surface area contributed by atoms with Crippen molar-refractivity contribution in [3.8, 4) is 11.3 Å². The average Bonchev–Trinajstić information content (AvgIpc) is 3.11. The van der Waals surface area contributed by atoms with Gasteiger partial charge in [-0.15, -0.1) is 11.3 Å². The van der Waals surface area contributed by atoms with Crippen molar-refractivity contribution < 1.29 is 9.53 Å². The number of aromatic nitrogens is 2. The number of benzene rings is 1. The highest BCUT2D eigenvalue weighted by atomic mass is 32.1. The van der Waals surface area contributed by atoms with Crippen molar-refractivity contribution in [3.05, 3.63) is 81.2 Å². The minimum Gasteiger partial charge on any atom is -0.493 e. The van der Waals surface area contributed by atoms with Gasteiger partial charge >= 0.3 is 0 Å².